The zero-order chi connectivity index (χ0) is 17.9. The smallest absolute Gasteiger partial charge is 0.315 e. The third kappa shape index (κ3) is 7.51. The molecule has 0 bridgehead atoms. The van der Waals surface area contributed by atoms with Crippen molar-refractivity contribution in [1.29, 1.82) is 0 Å². The highest BCUT2D eigenvalue weighted by molar-refractivity contribution is 5.94. The van der Waals surface area contributed by atoms with E-state index >= 15 is 0 Å². The molecule has 0 saturated carbocycles. The number of likely N-dealkylation sites (tertiary alicyclic amines) is 1. The molecule has 0 unspecified atom stereocenters. The first-order valence-corrected chi connectivity index (χ1v) is 8.81. The molecule has 0 spiro atoms. The number of carbonyl (C=O) groups is 2. The normalized spacial score (nSPS) is 14.8. The molecule has 1 saturated heterocycles. The third-order valence-corrected chi connectivity index (χ3v) is 4.08. The van der Waals surface area contributed by atoms with E-state index in [1.54, 1.807) is 6.20 Å². The maximum absolute atomic E-state index is 11.4. The number of nitrogens with zero attached hydrogens (tertiary/aromatic N) is 2. The molecule has 0 aliphatic carbocycles. The zero-order valence-corrected chi connectivity index (χ0v) is 14.8. The van der Waals surface area contributed by atoms with Crippen LogP contribution in [0.1, 0.15) is 37.7 Å². The van der Waals surface area contributed by atoms with Crippen LogP contribution in [0.2, 0.25) is 0 Å². The van der Waals surface area contributed by atoms with Crippen LogP contribution in [0.4, 0.5) is 0 Å². The Morgan fingerprint density at radius 2 is 2.08 bits per heavy atom. The van der Waals surface area contributed by atoms with Crippen LogP contribution in [0.3, 0.4) is 0 Å². The van der Waals surface area contributed by atoms with Crippen molar-refractivity contribution < 1.29 is 19.1 Å². The Kier molecular flexibility index (Phi) is 8.18. The fraction of sp³-hybridized carbons (Fsp3) is 0.611. The molecule has 0 atom stereocenters. The number of rotatable bonds is 9. The number of carbonyl (C=O) groups excluding carboxylic acids is 2. The molecule has 1 aromatic rings. The molecule has 2 rings (SSSR count). The van der Waals surface area contributed by atoms with Crippen LogP contribution in [0.25, 0.3) is 0 Å². The lowest BCUT2D eigenvalue weighted by Gasteiger charge is -2.26. The maximum Gasteiger partial charge on any atom is 0.315 e. The van der Waals surface area contributed by atoms with E-state index in [2.05, 4.69) is 19.9 Å². The predicted molar refractivity (Wildman–Crippen MR) is 93.1 cm³/mol. The summed E-state index contributed by atoms with van der Waals surface area (Å²) in [6.45, 7) is 4.15. The van der Waals surface area contributed by atoms with Crippen molar-refractivity contribution >= 4 is 11.9 Å². The van der Waals surface area contributed by atoms with Crippen LogP contribution >= 0.6 is 0 Å². The Morgan fingerprint density at radius 3 is 2.84 bits per heavy atom. The molecule has 0 aromatic carbocycles. The minimum Gasteiger partial charge on any atom is -0.478 e. The summed E-state index contributed by atoms with van der Waals surface area (Å²) in [6, 6.07) is 4.00. The number of hydrogen-bond acceptors (Lipinski definition) is 6. The van der Waals surface area contributed by atoms with Gasteiger partial charge in [-0.05, 0) is 44.0 Å². The summed E-state index contributed by atoms with van der Waals surface area (Å²) in [6.07, 6.45) is 6.04. The molecule has 1 amide bonds. The van der Waals surface area contributed by atoms with E-state index in [0.717, 1.165) is 19.6 Å². The predicted octanol–water partition coefficient (Wildman–Crippen LogP) is 1.52. The van der Waals surface area contributed by atoms with E-state index in [1.807, 2.05) is 12.1 Å². The molecule has 25 heavy (non-hydrogen) atoms. The molecular weight excluding hydrogens is 322 g/mol. The first-order chi connectivity index (χ1) is 12.2. The van der Waals surface area contributed by atoms with Crippen molar-refractivity contribution in [2.24, 2.45) is 0 Å². The Labute approximate surface area is 148 Å². The Morgan fingerprint density at radius 1 is 1.28 bits per heavy atom. The number of esters is 1. The van der Waals surface area contributed by atoms with E-state index < -0.39 is 5.97 Å². The standard InChI is InChI=1S/C18H27N3O4/c1-24-18(23)13-16(22)19-7-5-11-25-17-12-15(6-8-20-17)14-21-9-3-2-4-10-21/h6,8,12H,2-5,7,9-11,13-14H2,1H3,(H,19,22). The van der Waals surface area contributed by atoms with Crippen LogP contribution in [0, 0.1) is 0 Å². The molecule has 2 heterocycles. The maximum atomic E-state index is 11.4. The van der Waals surface area contributed by atoms with Crippen molar-refractivity contribution in [1.82, 2.24) is 15.2 Å². The Hall–Kier alpha value is -2.15. The van der Waals surface area contributed by atoms with Gasteiger partial charge in [0.05, 0.1) is 13.7 Å². The first kappa shape index (κ1) is 19.2. The minimum absolute atomic E-state index is 0.253. The molecule has 1 aliphatic rings. The van der Waals surface area contributed by atoms with Crippen molar-refractivity contribution in [3.05, 3.63) is 23.9 Å². The van der Waals surface area contributed by atoms with Crippen molar-refractivity contribution in [3.63, 3.8) is 0 Å². The number of aromatic nitrogens is 1. The highest BCUT2D eigenvalue weighted by Gasteiger charge is 2.11. The molecule has 1 fully saturated rings. The quantitative estimate of drug-likeness (QED) is 0.414. The molecule has 0 radical (unpaired) electrons. The fourth-order valence-corrected chi connectivity index (χ4v) is 2.75. The van der Waals surface area contributed by atoms with Crippen LogP contribution in [0.15, 0.2) is 18.3 Å². The van der Waals surface area contributed by atoms with Gasteiger partial charge in [0.2, 0.25) is 11.8 Å². The second kappa shape index (κ2) is 10.7. The van der Waals surface area contributed by atoms with E-state index in [0.29, 0.717) is 25.5 Å². The average molecular weight is 349 g/mol. The minimum atomic E-state index is -0.538. The average Bonchev–Trinajstić information content (AvgIpc) is 2.62. The summed E-state index contributed by atoms with van der Waals surface area (Å²) in [5, 5.41) is 2.65. The number of hydrogen-bond donors (Lipinski definition) is 1. The molecule has 138 valence electrons. The third-order valence-electron chi connectivity index (χ3n) is 4.08. The summed E-state index contributed by atoms with van der Waals surface area (Å²) < 4.78 is 10.1. The molecule has 7 heteroatoms. The largest absolute Gasteiger partial charge is 0.478 e. The van der Waals surface area contributed by atoms with Crippen LogP contribution in [-0.4, -0.2) is 55.1 Å². The number of ether oxygens (including phenoxy) is 2. The second-order valence-electron chi connectivity index (χ2n) is 6.14. The van der Waals surface area contributed by atoms with Crippen molar-refractivity contribution in [2.75, 3.05) is 33.4 Å². The summed E-state index contributed by atoms with van der Waals surface area (Å²) in [4.78, 5) is 29.0. The van der Waals surface area contributed by atoms with Crippen molar-refractivity contribution in [3.8, 4) is 5.88 Å². The van der Waals surface area contributed by atoms with Gasteiger partial charge >= 0.3 is 5.97 Å². The lowest BCUT2D eigenvalue weighted by Crippen LogP contribution is -2.29. The van der Waals surface area contributed by atoms with E-state index in [9.17, 15) is 9.59 Å². The topological polar surface area (TPSA) is 80.8 Å². The fourth-order valence-electron chi connectivity index (χ4n) is 2.75. The summed E-state index contributed by atoms with van der Waals surface area (Å²) in [7, 11) is 1.26. The van der Waals surface area contributed by atoms with Crippen molar-refractivity contribution in [2.45, 2.75) is 38.6 Å². The highest BCUT2D eigenvalue weighted by atomic mass is 16.5. The molecule has 1 aromatic heterocycles. The number of nitrogens with one attached hydrogen (secondary N) is 1. The Balaban J connectivity index is 1.64. The van der Waals surface area contributed by atoms with E-state index in [-0.39, 0.29) is 12.3 Å². The molecule has 1 aliphatic heterocycles. The summed E-state index contributed by atoms with van der Waals surface area (Å²) >= 11 is 0. The van der Waals surface area contributed by atoms with Gasteiger partial charge in [-0.1, -0.05) is 6.42 Å². The van der Waals surface area contributed by atoms with Crippen LogP contribution in [0.5, 0.6) is 5.88 Å². The van der Waals surface area contributed by atoms with Gasteiger partial charge in [-0.15, -0.1) is 0 Å². The van der Waals surface area contributed by atoms with Gasteiger partial charge in [-0.2, -0.15) is 0 Å². The molecular formula is C18H27N3O4. The van der Waals surface area contributed by atoms with Gasteiger partial charge < -0.3 is 14.8 Å². The number of piperidine rings is 1. The zero-order valence-electron chi connectivity index (χ0n) is 14.8. The Bertz CT molecular complexity index is 559. The SMILES string of the molecule is COC(=O)CC(=O)NCCCOc1cc(CN2CCCCC2)ccn1. The van der Waals surface area contributed by atoms with Gasteiger partial charge in [0.25, 0.3) is 0 Å². The lowest BCUT2D eigenvalue weighted by atomic mass is 10.1. The highest BCUT2D eigenvalue weighted by Crippen LogP contribution is 2.15. The molecule has 1 N–H and O–H groups in total. The van der Waals surface area contributed by atoms with E-state index in [1.165, 1.54) is 31.9 Å². The van der Waals surface area contributed by atoms with Gasteiger partial charge in [-0.25, -0.2) is 4.98 Å². The van der Waals surface area contributed by atoms with Gasteiger partial charge in [0, 0.05) is 25.4 Å². The van der Waals surface area contributed by atoms with Gasteiger partial charge in [0.15, 0.2) is 0 Å². The number of amides is 1. The summed E-state index contributed by atoms with van der Waals surface area (Å²) in [5.41, 5.74) is 1.21. The lowest BCUT2D eigenvalue weighted by molar-refractivity contribution is -0.143. The first-order valence-electron chi connectivity index (χ1n) is 8.81. The number of methoxy groups -OCH3 is 1. The molecule has 7 nitrogen and oxygen atoms in total. The van der Waals surface area contributed by atoms with Gasteiger partial charge in [-0.3, -0.25) is 14.5 Å². The monoisotopic (exact) mass is 349 g/mol. The van der Waals surface area contributed by atoms with Gasteiger partial charge in [0.1, 0.15) is 6.42 Å². The van der Waals surface area contributed by atoms with Crippen LogP contribution < -0.4 is 10.1 Å². The summed E-state index contributed by atoms with van der Waals surface area (Å²) in [5.74, 6) is -0.271. The van der Waals surface area contributed by atoms with Crippen LogP contribution in [-0.2, 0) is 20.9 Å². The van der Waals surface area contributed by atoms with E-state index in [4.69, 9.17) is 4.74 Å². The number of pyridine rings is 1. The second-order valence-corrected chi connectivity index (χ2v) is 6.14.